The largest absolute Gasteiger partial charge is 0.350 e. The number of nitrogens with one attached hydrogen (secondary N) is 2. The van der Waals surface area contributed by atoms with Gasteiger partial charge in [0.05, 0.1) is 10.3 Å². The number of aromatic nitrogens is 1. The van der Waals surface area contributed by atoms with Gasteiger partial charge in [-0.05, 0) is 26.0 Å². The van der Waals surface area contributed by atoms with E-state index in [2.05, 4.69) is 15.7 Å². The maximum Gasteiger partial charge on any atom is 0.255 e. The predicted molar refractivity (Wildman–Crippen MR) is 73.3 cm³/mol. The zero-order valence-corrected chi connectivity index (χ0v) is 11.9. The highest BCUT2D eigenvalue weighted by Crippen LogP contribution is 2.15. The van der Waals surface area contributed by atoms with Crippen molar-refractivity contribution >= 4 is 21.6 Å². The SMILES string of the molecule is CC(C)(CNC(=O)c1cccnc1NN)S(C)(=O)=O. The van der Waals surface area contributed by atoms with Crippen LogP contribution in [0.2, 0.25) is 0 Å². The quantitative estimate of drug-likeness (QED) is 0.515. The molecule has 1 heterocycles. The van der Waals surface area contributed by atoms with Gasteiger partial charge in [0, 0.05) is 19.0 Å². The number of nitrogens with two attached hydrogens (primary N) is 1. The standard InChI is InChI=1S/C11H18N4O3S/c1-11(2,19(3,17)18)7-14-10(16)8-5-4-6-13-9(8)15-12/h4-6H,7,12H2,1-3H3,(H,13,15)(H,14,16). The molecule has 0 aromatic carbocycles. The summed E-state index contributed by atoms with van der Waals surface area (Å²) in [5.74, 6) is 5.05. The monoisotopic (exact) mass is 286 g/mol. The lowest BCUT2D eigenvalue weighted by molar-refractivity contribution is 0.0951. The van der Waals surface area contributed by atoms with Crippen molar-refractivity contribution in [3.63, 3.8) is 0 Å². The molecule has 106 valence electrons. The molecule has 0 aliphatic rings. The van der Waals surface area contributed by atoms with Crippen molar-refractivity contribution in [1.29, 1.82) is 0 Å². The van der Waals surface area contributed by atoms with Crippen LogP contribution in [0.25, 0.3) is 0 Å². The van der Waals surface area contributed by atoms with Gasteiger partial charge in [-0.25, -0.2) is 19.2 Å². The normalized spacial score (nSPS) is 12.0. The zero-order valence-electron chi connectivity index (χ0n) is 11.1. The maximum atomic E-state index is 12.0. The fourth-order valence-corrected chi connectivity index (χ4v) is 1.56. The van der Waals surface area contributed by atoms with Crippen LogP contribution in [0, 0.1) is 0 Å². The Hall–Kier alpha value is -1.67. The van der Waals surface area contributed by atoms with Crippen LogP contribution in [0.4, 0.5) is 5.82 Å². The van der Waals surface area contributed by atoms with Crippen molar-refractivity contribution in [3.8, 4) is 0 Å². The molecule has 0 aliphatic heterocycles. The third kappa shape index (κ3) is 3.65. The second kappa shape index (κ2) is 5.54. The fraction of sp³-hybridized carbons (Fsp3) is 0.455. The summed E-state index contributed by atoms with van der Waals surface area (Å²) in [5, 5.41) is 2.57. The predicted octanol–water partition coefficient (Wildman–Crippen LogP) is -0.0798. The van der Waals surface area contributed by atoms with E-state index in [1.165, 1.54) is 6.20 Å². The number of carbonyl (C=O) groups excluding carboxylic acids is 1. The molecular weight excluding hydrogens is 268 g/mol. The molecule has 4 N–H and O–H groups in total. The summed E-state index contributed by atoms with van der Waals surface area (Å²) in [6.45, 7) is 3.10. The van der Waals surface area contributed by atoms with E-state index in [-0.39, 0.29) is 17.9 Å². The van der Waals surface area contributed by atoms with E-state index in [1.54, 1.807) is 26.0 Å². The van der Waals surface area contributed by atoms with Gasteiger partial charge in [0.15, 0.2) is 15.7 Å². The number of amides is 1. The minimum atomic E-state index is -3.27. The molecule has 0 fully saturated rings. The molecule has 0 bridgehead atoms. The number of carbonyl (C=O) groups is 1. The summed E-state index contributed by atoms with van der Waals surface area (Å²) in [6, 6.07) is 3.14. The number of sulfone groups is 1. The lowest BCUT2D eigenvalue weighted by Crippen LogP contribution is -2.44. The lowest BCUT2D eigenvalue weighted by Gasteiger charge is -2.22. The highest BCUT2D eigenvalue weighted by Gasteiger charge is 2.30. The second-order valence-electron chi connectivity index (χ2n) is 4.76. The number of anilines is 1. The number of hydrazine groups is 1. The van der Waals surface area contributed by atoms with Gasteiger partial charge in [-0.15, -0.1) is 0 Å². The molecule has 1 rings (SSSR count). The molecule has 8 heteroatoms. The number of rotatable bonds is 5. The topological polar surface area (TPSA) is 114 Å². The Balaban J connectivity index is 2.82. The Kier molecular flexibility index (Phi) is 4.48. The molecule has 0 saturated carbocycles. The van der Waals surface area contributed by atoms with Gasteiger partial charge in [-0.2, -0.15) is 0 Å². The van der Waals surface area contributed by atoms with E-state index in [4.69, 9.17) is 5.84 Å². The first kappa shape index (κ1) is 15.4. The van der Waals surface area contributed by atoms with E-state index in [9.17, 15) is 13.2 Å². The highest BCUT2D eigenvalue weighted by molar-refractivity contribution is 7.92. The third-order valence-electron chi connectivity index (χ3n) is 2.87. The average molecular weight is 286 g/mol. The van der Waals surface area contributed by atoms with Gasteiger partial charge in [0.25, 0.3) is 5.91 Å². The highest BCUT2D eigenvalue weighted by atomic mass is 32.2. The van der Waals surface area contributed by atoms with Crippen molar-refractivity contribution in [1.82, 2.24) is 10.3 Å². The van der Waals surface area contributed by atoms with Gasteiger partial charge < -0.3 is 10.7 Å². The minimum Gasteiger partial charge on any atom is -0.350 e. The van der Waals surface area contributed by atoms with Crippen molar-refractivity contribution in [2.45, 2.75) is 18.6 Å². The van der Waals surface area contributed by atoms with Gasteiger partial charge in [0.2, 0.25) is 0 Å². The van der Waals surface area contributed by atoms with Crippen LogP contribution in [0.3, 0.4) is 0 Å². The molecule has 0 atom stereocenters. The molecule has 7 nitrogen and oxygen atoms in total. The number of nitrogens with zero attached hydrogens (tertiary/aromatic N) is 1. The lowest BCUT2D eigenvalue weighted by atomic mass is 10.2. The van der Waals surface area contributed by atoms with Crippen molar-refractivity contribution in [2.24, 2.45) is 5.84 Å². The van der Waals surface area contributed by atoms with Gasteiger partial charge in [-0.3, -0.25) is 4.79 Å². The van der Waals surface area contributed by atoms with Crippen LogP contribution in [0.1, 0.15) is 24.2 Å². The first-order chi connectivity index (χ1) is 8.69. The molecule has 0 unspecified atom stereocenters. The minimum absolute atomic E-state index is 0.00354. The van der Waals surface area contributed by atoms with Gasteiger partial charge in [-0.1, -0.05) is 0 Å². The Morgan fingerprint density at radius 1 is 1.47 bits per heavy atom. The van der Waals surface area contributed by atoms with Crippen molar-refractivity contribution < 1.29 is 13.2 Å². The molecule has 0 aliphatic carbocycles. The third-order valence-corrected chi connectivity index (χ3v) is 5.02. The van der Waals surface area contributed by atoms with Crippen LogP contribution in [-0.2, 0) is 9.84 Å². The molecule has 0 radical (unpaired) electrons. The Bertz CT molecular complexity index is 569. The van der Waals surface area contributed by atoms with E-state index in [1.807, 2.05) is 0 Å². The molecule has 1 aromatic rings. The van der Waals surface area contributed by atoms with Crippen LogP contribution < -0.4 is 16.6 Å². The van der Waals surface area contributed by atoms with E-state index < -0.39 is 20.5 Å². The summed E-state index contributed by atoms with van der Waals surface area (Å²) >= 11 is 0. The van der Waals surface area contributed by atoms with E-state index in [0.717, 1.165) is 6.26 Å². The average Bonchev–Trinajstić information content (AvgIpc) is 2.34. The second-order valence-corrected chi connectivity index (χ2v) is 7.41. The first-order valence-corrected chi connectivity index (χ1v) is 7.47. The molecule has 1 amide bonds. The maximum absolute atomic E-state index is 12.0. The van der Waals surface area contributed by atoms with Gasteiger partial charge in [0.1, 0.15) is 0 Å². The summed E-state index contributed by atoms with van der Waals surface area (Å²) < 4.78 is 22.0. The summed E-state index contributed by atoms with van der Waals surface area (Å²) in [6.07, 6.45) is 2.63. The van der Waals surface area contributed by atoms with Crippen LogP contribution in [-0.4, -0.2) is 36.9 Å². The Morgan fingerprint density at radius 3 is 2.63 bits per heavy atom. The Morgan fingerprint density at radius 2 is 2.11 bits per heavy atom. The van der Waals surface area contributed by atoms with Crippen molar-refractivity contribution in [2.75, 3.05) is 18.2 Å². The molecule has 19 heavy (non-hydrogen) atoms. The number of hydrogen-bond donors (Lipinski definition) is 3. The molecule has 1 aromatic heterocycles. The van der Waals surface area contributed by atoms with E-state index >= 15 is 0 Å². The number of pyridine rings is 1. The van der Waals surface area contributed by atoms with E-state index in [0.29, 0.717) is 0 Å². The summed E-state index contributed by atoms with van der Waals surface area (Å²) in [7, 11) is -3.27. The number of hydrogen-bond acceptors (Lipinski definition) is 6. The Labute approximate surface area is 112 Å². The smallest absolute Gasteiger partial charge is 0.255 e. The van der Waals surface area contributed by atoms with Crippen LogP contribution in [0.5, 0.6) is 0 Å². The van der Waals surface area contributed by atoms with Crippen LogP contribution >= 0.6 is 0 Å². The molecule has 0 saturated heterocycles. The van der Waals surface area contributed by atoms with Crippen molar-refractivity contribution in [3.05, 3.63) is 23.9 Å². The van der Waals surface area contributed by atoms with Gasteiger partial charge >= 0.3 is 0 Å². The molecule has 0 spiro atoms. The first-order valence-electron chi connectivity index (χ1n) is 5.58. The fourth-order valence-electron chi connectivity index (χ4n) is 1.22. The zero-order chi connectivity index (χ0) is 14.7. The van der Waals surface area contributed by atoms with Crippen LogP contribution in [0.15, 0.2) is 18.3 Å². The summed E-state index contributed by atoms with van der Waals surface area (Å²) in [5.41, 5.74) is 2.57. The summed E-state index contributed by atoms with van der Waals surface area (Å²) in [4.78, 5) is 15.9. The number of nitrogen functional groups attached to an aromatic ring is 1. The molecular formula is C11H18N4O3S.